The first-order valence-electron chi connectivity index (χ1n) is 6.24. The normalized spacial score (nSPS) is 15.3. The average Bonchev–Trinajstić information content (AvgIpc) is 2.44. The summed E-state index contributed by atoms with van der Waals surface area (Å²) >= 11 is -2.42. The summed E-state index contributed by atoms with van der Waals surface area (Å²) in [5.41, 5.74) is 0. The van der Waals surface area contributed by atoms with Crippen LogP contribution < -0.4 is 0 Å². The van der Waals surface area contributed by atoms with E-state index in [0.29, 0.717) is 0 Å². The summed E-state index contributed by atoms with van der Waals surface area (Å²) in [4.78, 5) is 31.5. The molecule has 3 unspecified atom stereocenters. The van der Waals surface area contributed by atoms with Crippen LogP contribution in [0.1, 0.15) is 20.8 Å². The van der Waals surface area contributed by atoms with Crippen molar-refractivity contribution in [3.63, 3.8) is 0 Å². The summed E-state index contributed by atoms with van der Waals surface area (Å²) in [5.74, 6) is -0.724. The molecule has 0 N–H and O–H groups in total. The highest BCUT2D eigenvalue weighted by atomic mass is 27.3. The van der Waals surface area contributed by atoms with Gasteiger partial charge in [-0.1, -0.05) is 20.8 Å². The van der Waals surface area contributed by atoms with Crippen molar-refractivity contribution in [2.75, 3.05) is 19.8 Å². The van der Waals surface area contributed by atoms with Crippen molar-refractivity contribution >= 4 is 34.0 Å². The lowest BCUT2D eigenvalue weighted by molar-refractivity contribution is -0.111. The van der Waals surface area contributed by atoms with Crippen molar-refractivity contribution in [2.24, 2.45) is 17.8 Å². The first-order chi connectivity index (χ1) is 9.03. The average molecular weight is 288 g/mol. The highest BCUT2D eigenvalue weighted by Gasteiger charge is 2.32. The van der Waals surface area contributed by atoms with Gasteiger partial charge in [0.2, 0.25) is 0 Å². The zero-order valence-corrected chi connectivity index (χ0v) is 12.8. The number of hydrogen-bond acceptors (Lipinski definition) is 6. The molecule has 108 valence electrons. The van der Waals surface area contributed by atoms with Crippen molar-refractivity contribution in [1.29, 1.82) is 0 Å². The minimum atomic E-state index is -2.42. The van der Waals surface area contributed by atoms with Crippen LogP contribution in [-0.4, -0.2) is 53.8 Å². The van der Waals surface area contributed by atoms with Gasteiger partial charge in [-0.15, -0.1) is 0 Å². The van der Waals surface area contributed by atoms with Crippen LogP contribution in [0.25, 0.3) is 0 Å². The van der Waals surface area contributed by atoms with Gasteiger partial charge < -0.3 is 25.7 Å². The highest BCUT2D eigenvalue weighted by Crippen LogP contribution is 2.02. The third-order valence-electron chi connectivity index (χ3n) is 2.18. The molecule has 6 nitrogen and oxygen atoms in total. The summed E-state index contributed by atoms with van der Waals surface area (Å²) in [6.45, 7) is 5.81. The molecule has 0 aliphatic rings. The minimum Gasteiger partial charge on any atom is -0.454 e. The van der Waals surface area contributed by atoms with Crippen molar-refractivity contribution in [3.05, 3.63) is 0 Å². The largest absolute Gasteiger partial charge is 0.905 e. The molecular formula is C12H21AlO6. The maximum Gasteiger partial charge on any atom is 0.905 e. The SMILES string of the molecule is CC(C=O)C[O][Al]([O]CC(C)C=O)[O]CC(C)C=O. The molecule has 0 amide bonds. The Labute approximate surface area is 118 Å². The second-order valence-corrected chi connectivity index (χ2v) is 6.21. The van der Waals surface area contributed by atoms with E-state index in [1.165, 1.54) is 0 Å². The van der Waals surface area contributed by atoms with E-state index in [1.807, 2.05) is 0 Å². The van der Waals surface area contributed by atoms with E-state index in [2.05, 4.69) is 0 Å². The molecule has 0 aromatic carbocycles. The number of aldehydes is 3. The van der Waals surface area contributed by atoms with Crippen LogP contribution in [0.15, 0.2) is 0 Å². The lowest BCUT2D eigenvalue weighted by atomic mass is 10.2. The number of rotatable bonds is 12. The van der Waals surface area contributed by atoms with Gasteiger partial charge in [-0.3, -0.25) is 0 Å². The number of carbonyl (C=O) groups is 3. The molecule has 0 aromatic rings. The summed E-state index contributed by atoms with van der Waals surface area (Å²) in [6, 6.07) is 0. The van der Waals surface area contributed by atoms with Crippen LogP contribution in [0.3, 0.4) is 0 Å². The van der Waals surface area contributed by atoms with E-state index >= 15 is 0 Å². The van der Waals surface area contributed by atoms with Gasteiger partial charge in [0, 0.05) is 37.6 Å². The molecule has 3 atom stereocenters. The van der Waals surface area contributed by atoms with Crippen LogP contribution in [0.5, 0.6) is 0 Å². The molecule has 0 heterocycles. The molecule has 0 aliphatic carbocycles. The molecule has 7 heteroatoms. The van der Waals surface area contributed by atoms with E-state index in [9.17, 15) is 14.4 Å². The lowest BCUT2D eigenvalue weighted by Gasteiger charge is -2.16. The van der Waals surface area contributed by atoms with Crippen LogP contribution in [0, 0.1) is 17.8 Å². The summed E-state index contributed by atoms with van der Waals surface area (Å²) in [5, 5.41) is 0. The zero-order valence-electron chi connectivity index (χ0n) is 11.6. The maximum atomic E-state index is 10.5. The third kappa shape index (κ3) is 9.94. The summed E-state index contributed by atoms with van der Waals surface area (Å²) < 4.78 is 16.2. The van der Waals surface area contributed by atoms with Crippen molar-refractivity contribution in [2.45, 2.75) is 20.8 Å². The second kappa shape index (κ2) is 11.3. The highest BCUT2D eigenvalue weighted by molar-refractivity contribution is 6.36. The van der Waals surface area contributed by atoms with Gasteiger partial charge in [-0.05, 0) is 0 Å². The summed E-state index contributed by atoms with van der Waals surface area (Å²) in [7, 11) is 0. The molecular weight excluding hydrogens is 267 g/mol. The fourth-order valence-electron chi connectivity index (χ4n) is 0.953. The van der Waals surface area contributed by atoms with Gasteiger partial charge in [0.1, 0.15) is 18.9 Å². The fourth-order valence-corrected chi connectivity index (χ4v) is 2.62. The molecule has 0 aliphatic heterocycles. The van der Waals surface area contributed by atoms with Crippen molar-refractivity contribution in [1.82, 2.24) is 0 Å². The summed E-state index contributed by atoms with van der Waals surface area (Å²) in [6.07, 6.45) is 2.36. The van der Waals surface area contributed by atoms with Gasteiger partial charge in [0.15, 0.2) is 0 Å². The molecule has 0 saturated heterocycles. The predicted molar refractivity (Wildman–Crippen MR) is 69.3 cm³/mol. The molecule has 0 aromatic heterocycles. The van der Waals surface area contributed by atoms with Crippen LogP contribution in [-0.2, 0) is 25.7 Å². The van der Waals surface area contributed by atoms with Crippen molar-refractivity contribution in [3.8, 4) is 0 Å². The predicted octanol–water partition coefficient (Wildman–Crippen LogP) is 0.526. The van der Waals surface area contributed by atoms with E-state index in [4.69, 9.17) is 11.4 Å². The first-order valence-corrected chi connectivity index (χ1v) is 7.65. The molecule has 0 bridgehead atoms. The van der Waals surface area contributed by atoms with Crippen molar-refractivity contribution < 1.29 is 25.7 Å². The van der Waals surface area contributed by atoms with E-state index < -0.39 is 15.1 Å². The molecule has 0 spiro atoms. The Bertz CT molecular complexity index is 230. The quantitative estimate of drug-likeness (QED) is 0.385. The Hall–Kier alpha value is -0.578. The molecule has 0 fully saturated rings. The first kappa shape index (κ1) is 18.4. The van der Waals surface area contributed by atoms with E-state index in [1.54, 1.807) is 20.8 Å². The second-order valence-electron chi connectivity index (χ2n) is 4.63. The van der Waals surface area contributed by atoms with Gasteiger partial charge in [0.05, 0.1) is 0 Å². The third-order valence-corrected chi connectivity index (χ3v) is 3.58. The standard InChI is InChI=1S/3C4H7O2.Al/c3*1-4(2-5)3-6;/h3*2,4H,3H2,1H3;/q3*-1;+3. The lowest BCUT2D eigenvalue weighted by Crippen LogP contribution is -2.33. The Balaban J connectivity index is 4.16. The van der Waals surface area contributed by atoms with Crippen LogP contribution in [0.4, 0.5) is 0 Å². The van der Waals surface area contributed by atoms with E-state index in [0.717, 1.165) is 18.9 Å². The Kier molecular flexibility index (Phi) is 10.9. The minimum absolute atomic E-state index is 0.214. The Morgan fingerprint density at radius 2 is 1.00 bits per heavy atom. The number of carbonyl (C=O) groups excluding carboxylic acids is 3. The van der Waals surface area contributed by atoms with Gasteiger partial charge in [-0.25, -0.2) is 0 Å². The smallest absolute Gasteiger partial charge is 0.454 e. The Morgan fingerprint density at radius 1 is 0.737 bits per heavy atom. The monoisotopic (exact) mass is 288 g/mol. The Morgan fingerprint density at radius 3 is 1.21 bits per heavy atom. The number of hydrogen-bond donors (Lipinski definition) is 0. The van der Waals surface area contributed by atoms with Gasteiger partial charge in [-0.2, -0.15) is 0 Å². The molecule has 0 rings (SSSR count). The zero-order chi connectivity index (χ0) is 14.7. The fraction of sp³-hybridized carbons (Fsp3) is 0.750. The topological polar surface area (TPSA) is 78.9 Å². The van der Waals surface area contributed by atoms with Crippen LogP contribution >= 0.6 is 0 Å². The van der Waals surface area contributed by atoms with Crippen LogP contribution in [0.2, 0.25) is 0 Å². The van der Waals surface area contributed by atoms with Gasteiger partial charge in [0.25, 0.3) is 0 Å². The molecule has 0 radical (unpaired) electrons. The maximum absolute atomic E-state index is 10.5. The molecule has 0 saturated carbocycles. The molecule has 19 heavy (non-hydrogen) atoms. The van der Waals surface area contributed by atoms with E-state index in [-0.39, 0.29) is 37.6 Å². The van der Waals surface area contributed by atoms with Gasteiger partial charge >= 0.3 is 15.1 Å².